The van der Waals surface area contributed by atoms with Gasteiger partial charge in [-0.3, -0.25) is 14.6 Å². The summed E-state index contributed by atoms with van der Waals surface area (Å²) in [4.78, 5) is 22.4. The third kappa shape index (κ3) is 5.27. The monoisotopic (exact) mass is 586 g/mol. The van der Waals surface area contributed by atoms with Crippen molar-refractivity contribution in [2.75, 3.05) is 42.6 Å². The van der Waals surface area contributed by atoms with Gasteiger partial charge >= 0.3 is 6.18 Å². The van der Waals surface area contributed by atoms with Crippen LogP contribution in [0.5, 0.6) is 5.75 Å². The number of aryl methyl sites for hydroxylation is 1. The van der Waals surface area contributed by atoms with Crippen molar-refractivity contribution >= 4 is 34.6 Å². The van der Waals surface area contributed by atoms with Gasteiger partial charge in [0, 0.05) is 43.6 Å². The maximum atomic E-state index is 14.1. The van der Waals surface area contributed by atoms with Gasteiger partial charge < -0.3 is 15.0 Å². The molecule has 3 aliphatic rings. The summed E-state index contributed by atoms with van der Waals surface area (Å²) in [6.45, 7) is 10.5. The van der Waals surface area contributed by atoms with Crippen molar-refractivity contribution in [1.82, 2.24) is 15.2 Å². The SMILES string of the molecule is CCc1cc(N2C(=S)N(c3ccnc(C#N)c3C(F)(F)F)C(=O)C23CCC3)ccc1OCCN1CCNC(C)(C)C1. The molecule has 5 rings (SSSR count). The minimum absolute atomic E-state index is 0.0488. The number of nitriles is 1. The predicted octanol–water partition coefficient (Wildman–Crippen LogP) is 4.66. The third-order valence-corrected chi connectivity index (χ3v) is 8.52. The first-order valence-electron chi connectivity index (χ1n) is 13.8. The maximum Gasteiger partial charge on any atom is 0.421 e. The first-order chi connectivity index (χ1) is 19.4. The molecule has 1 aromatic carbocycles. The van der Waals surface area contributed by atoms with Gasteiger partial charge in [-0.15, -0.1) is 0 Å². The Kier molecular flexibility index (Phi) is 7.74. The molecule has 1 amide bonds. The Balaban J connectivity index is 1.43. The van der Waals surface area contributed by atoms with E-state index < -0.39 is 34.6 Å². The summed E-state index contributed by atoms with van der Waals surface area (Å²) in [6.07, 6.45) is -1.49. The number of carbonyl (C=O) groups is 1. The summed E-state index contributed by atoms with van der Waals surface area (Å²) >= 11 is 5.71. The normalized spacial score (nSPS) is 20.3. The molecule has 3 fully saturated rings. The molecule has 41 heavy (non-hydrogen) atoms. The largest absolute Gasteiger partial charge is 0.492 e. The molecule has 1 aromatic heterocycles. The molecule has 2 saturated heterocycles. The number of carbonyl (C=O) groups excluding carboxylic acids is 1. The number of pyridine rings is 1. The van der Waals surface area contributed by atoms with Crippen LogP contribution in [0, 0.1) is 11.3 Å². The van der Waals surface area contributed by atoms with Crippen LogP contribution in [-0.2, 0) is 17.4 Å². The zero-order valence-electron chi connectivity index (χ0n) is 23.3. The fourth-order valence-corrected chi connectivity index (χ4v) is 6.50. The highest BCUT2D eigenvalue weighted by atomic mass is 32.1. The second-order valence-corrected chi connectivity index (χ2v) is 11.8. The first-order valence-corrected chi connectivity index (χ1v) is 14.2. The molecular weight excluding hydrogens is 553 g/mol. The van der Waals surface area contributed by atoms with E-state index in [1.165, 1.54) is 6.07 Å². The zero-order valence-corrected chi connectivity index (χ0v) is 24.2. The second-order valence-electron chi connectivity index (χ2n) is 11.4. The number of piperazine rings is 1. The van der Waals surface area contributed by atoms with Crippen molar-refractivity contribution in [2.24, 2.45) is 0 Å². The average molecular weight is 587 g/mol. The molecule has 2 aliphatic heterocycles. The number of nitrogens with zero attached hydrogens (tertiary/aromatic N) is 5. The summed E-state index contributed by atoms with van der Waals surface area (Å²) < 4.78 is 48.5. The lowest BCUT2D eigenvalue weighted by Crippen LogP contribution is -2.57. The molecule has 1 N–H and O–H groups in total. The number of ether oxygens (including phenoxy) is 1. The molecule has 0 radical (unpaired) electrons. The van der Waals surface area contributed by atoms with Crippen LogP contribution < -0.4 is 19.9 Å². The van der Waals surface area contributed by atoms with Crippen molar-refractivity contribution in [2.45, 2.75) is 63.7 Å². The number of benzene rings is 1. The minimum Gasteiger partial charge on any atom is -0.492 e. The molecule has 8 nitrogen and oxygen atoms in total. The Morgan fingerprint density at radius 3 is 2.61 bits per heavy atom. The predicted molar refractivity (Wildman–Crippen MR) is 153 cm³/mol. The third-order valence-electron chi connectivity index (χ3n) is 8.15. The summed E-state index contributed by atoms with van der Waals surface area (Å²) in [7, 11) is 0. The molecule has 12 heteroatoms. The number of thiocarbonyl (C=S) groups is 1. The summed E-state index contributed by atoms with van der Waals surface area (Å²) in [5.41, 5.74) is -2.01. The molecule has 1 saturated carbocycles. The second kappa shape index (κ2) is 10.9. The van der Waals surface area contributed by atoms with Crippen LogP contribution in [-0.4, -0.2) is 64.8 Å². The van der Waals surface area contributed by atoms with Gasteiger partial charge in [-0.1, -0.05) is 6.92 Å². The molecule has 2 aromatic rings. The number of rotatable bonds is 7. The molecule has 1 aliphatic carbocycles. The molecule has 0 unspecified atom stereocenters. The van der Waals surface area contributed by atoms with E-state index >= 15 is 0 Å². The van der Waals surface area contributed by atoms with E-state index in [1.807, 2.05) is 25.1 Å². The van der Waals surface area contributed by atoms with Crippen LogP contribution in [0.4, 0.5) is 24.5 Å². The van der Waals surface area contributed by atoms with Crippen molar-refractivity contribution in [1.29, 1.82) is 5.26 Å². The van der Waals surface area contributed by atoms with E-state index in [1.54, 1.807) is 4.90 Å². The van der Waals surface area contributed by atoms with E-state index in [2.05, 4.69) is 29.0 Å². The van der Waals surface area contributed by atoms with Crippen molar-refractivity contribution in [3.63, 3.8) is 0 Å². The molecule has 0 bridgehead atoms. The molecule has 1 spiro atoms. The number of hydrogen-bond donors (Lipinski definition) is 1. The number of anilines is 2. The number of amides is 1. The van der Waals surface area contributed by atoms with Gasteiger partial charge in [0.1, 0.15) is 29.5 Å². The smallest absolute Gasteiger partial charge is 0.421 e. The van der Waals surface area contributed by atoms with Crippen molar-refractivity contribution in [3.8, 4) is 11.8 Å². The minimum atomic E-state index is -4.90. The van der Waals surface area contributed by atoms with Gasteiger partial charge in [0.25, 0.3) is 5.91 Å². The van der Waals surface area contributed by atoms with Gasteiger partial charge in [-0.2, -0.15) is 18.4 Å². The summed E-state index contributed by atoms with van der Waals surface area (Å²) in [5.74, 6) is 0.209. The number of hydrogen-bond acceptors (Lipinski definition) is 7. The topological polar surface area (TPSA) is 84.7 Å². The van der Waals surface area contributed by atoms with Crippen LogP contribution in [0.25, 0.3) is 0 Å². The first kappa shape index (κ1) is 29.2. The average Bonchev–Trinajstić information content (AvgIpc) is 3.13. The number of halogens is 3. The van der Waals surface area contributed by atoms with E-state index in [-0.39, 0.29) is 10.7 Å². The van der Waals surface area contributed by atoms with E-state index in [9.17, 15) is 23.2 Å². The van der Waals surface area contributed by atoms with Gasteiger partial charge in [0.2, 0.25) is 0 Å². The zero-order chi connectivity index (χ0) is 29.6. The van der Waals surface area contributed by atoms with Crippen LogP contribution in [0.2, 0.25) is 0 Å². The summed E-state index contributed by atoms with van der Waals surface area (Å²) in [5, 5.41) is 12.8. The van der Waals surface area contributed by atoms with Gasteiger partial charge in [0.15, 0.2) is 10.8 Å². The fourth-order valence-electron chi connectivity index (χ4n) is 6.04. The Hall–Kier alpha value is -3.27. The molecular formula is C29H33F3N6O2S. The summed E-state index contributed by atoms with van der Waals surface area (Å²) in [6, 6.07) is 8.16. The number of alkyl halides is 3. The number of aromatic nitrogens is 1. The number of nitrogens with one attached hydrogen (secondary N) is 1. The van der Waals surface area contributed by atoms with Gasteiger partial charge in [-0.25, -0.2) is 4.98 Å². The van der Waals surface area contributed by atoms with Crippen LogP contribution >= 0.6 is 12.2 Å². The molecule has 218 valence electrons. The Labute approximate surface area is 243 Å². The Morgan fingerprint density at radius 2 is 2.00 bits per heavy atom. The van der Waals surface area contributed by atoms with Crippen molar-refractivity contribution in [3.05, 3.63) is 47.3 Å². The Bertz CT molecular complexity index is 1400. The van der Waals surface area contributed by atoms with E-state index in [4.69, 9.17) is 17.0 Å². The van der Waals surface area contributed by atoms with Crippen molar-refractivity contribution < 1.29 is 22.7 Å². The highest BCUT2D eigenvalue weighted by Gasteiger charge is 2.60. The lowest BCUT2D eigenvalue weighted by Gasteiger charge is -2.43. The lowest BCUT2D eigenvalue weighted by atomic mass is 9.75. The highest BCUT2D eigenvalue weighted by molar-refractivity contribution is 7.81. The van der Waals surface area contributed by atoms with E-state index in [0.717, 1.165) is 61.1 Å². The van der Waals surface area contributed by atoms with Gasteiger partial charge in [0.05, 0.1) is 5.69 Å². The van der Waals surface area contributed by atoms with Crippen LogP contribution in [0.1, 0.15) is 56.9 Å². The molecule has 0 atom stereocenters. The fraction of sp³-hybridized carbons (Fsp3) is 0.517. The van der Waals surface area contributed by atoms with E-state index in [0.29, 0.717) is 31.6 Å². The quantitative estimate of drug-likeness (QED) is 0.470. The van der Waals surface area contributed by atoms with Gasteiger partial charge in [-0.05, 0) is 81.6 Å². The molecule has 3 heterocycles. The maximum absolute atomic E-state index is 14.1. The Morgan fingerprint density at radius 1 is 1.24 bits per heavy atom. The van der Waals surface area contributed by atoms with Crippen LogP contribution in [0.3, 0.4) is 0 Å². The van der Waals surface area contributed by atoms with Crippen LogP contribution in [0.15, 0.2) is 30.5 Å². The standard InChI is InChI=1S/C29H33F3N6O2S/c1-4-19-16-20(6-7-23(19)40-15-14-36-13-12-35-27(2,3)18-36)38-26(41)37(25(39)28(38)9-5-10-28)22-8-11-34-21(17-33)24(22)29(30,31)32/h6-8,11,16,35H,4-5,9-10,12-15,18H2,1-3H3. The highest BCUT2D eigenvalue weighted by Crippen LogP contribution is 2.50. The lowest BCUT2D eigenvalue weighted by molar-refractivity contribution is -0.137.